The highest BCUT2D eigenvalue weighted by Crippen LogP contribution is 1.72. The molecule has 0 aromatic rings. The number of hydrogen-bond acceptors (Lipinski definition) is 4. The maximum Gasteiger partial charge on any atom is 0.405 e. The zero-order chi connectivity index (χ0) is 8.69. The molecule has 0 aliphatic rings. The molecule has 0 spiro atoms. The summed E-state index contributed by atoms with van der Waals surface area (Å²) in [5.41, 5.74) is 9.69. The molecule has 5 N–H and O–H groups in total. The van der Waals surface area contributed by atoms with Crippen molar-refractivity contribution in [2.45, 2.75) is 0 Å². The monoisotopic (exact) mass is 161 g/mol. The summed E-state index contributed by atoms with van der Waals surface area (Å²) in [6, 6.07) is 0. The van der Waals surface area contributed by atoms with Gasteiger partial charge in [0.1, 0.15) is 0 Å². The van der Waals surface area contributed by atoms with Crippen molar-refractivity contribution in [3.05, 3.63) is 0 Å². The molecule has 6 heteroatoms. The summed E-state index contributed by atoms with van der Waals surface area (Å²) in [4.78, 5) is 20.6. The molecule has 2 amide bonds. The summed E-state index contributed by atoms with van der Waals surface area (Å²) in [6.07, 6.45) is -0.965. The van der Waals surface area contributed by atoms with E-state index in [9.17, 15) is 9.59 Å². The van der Waals surface area contributed by atoms with E-state index in [0.29, 0.717) is 13.1 Å². The minimum absolute atomic E-state index is 0.350. The first-order chi connectivity index (χ1) is 5.16. The Morgan fingerprint density at radius 3 is 2.55 bits per heavy atom. The molecule has 64 valence electrons. The van der Waals surface area contributed by atoms with Gasteiger partial charge in [-0.15, -0.1) is 0 Å². The van der Waals surface area contributed by atoms with E-state index >= 15 is 0 Å². The average Bonchev–Trinajstić information content (AvgIpc) is 1.97. The molecule has 0 radical (unpaired) electrons. The van der Waals surface area contributed by atoms with Crippen LogP contribution in [0.2, 0.25) is 0 Å². The van der Waals surface area contributed by atoms with Gasteiger partial charge in [-0.3, -0.25) is 4.79 Å². The summed E-state index contributed by atoms with van der Waals surface area (Å²) in [5, 5.41) is 2.39. The van der Waals surface area contributed by atoms with Crippen LogP contribution in [-0.4, -0.2) is 31.7 Å². The van der Waals surface area contributed by atoms with Gasteiger partial charge >= 0.3 is 6.09 Å². The average molecular weight is 161 g/mol. The van der Waals surface area contributed by atoms with Gasteiger partial charge in [-0.05, 0) is 0 Å². The molecule has 0 atom stereocenters. The van der Waals surface area contributed by atoms with Gasteiger partial charge in [-0.1, -0.05) is 0 Å². The zero-order valence-electron chi connectivity index (χ0n) is 6.00. The topological polar surface area (TPSA) is 107 Å². The van der Waals surface area contributed by atoms with Crippen LogP contribution in [0, 0.1) is 0 Å². The predicted octanol–water partition coefficient (Wildman–Crippen LogP) is -1.84. The van der Waals surface area contributed by atoms with Gasteiger partial charge in [-0.25, -0.2) is 4.79 Å². The molecule has 0 rings (SSSR count). The normalized spacial score (nSPS) is 8.82. The van der Waals surface area contributed by atoms with Crippen LogP contribution in [0.15, 0.2) is 0 Å². The van der Waals surface area contributed by atoms with Gasteiger partial charge in [0.15, 0.2) is 6.61 Å². The quantitative estimate of drug-likeness (QED) is 0.450. The van der Waals surface area contributed by atoms with Crippen molar-refractivity contribution >= 4 is 12.0 Å². The number of primary amides is 1. The number of amides is 2. The molecule has 0 saturated heterocycles. The third-order valence-electron chi connectivity index (χ3n) is 0.812. The first-order valence-electron chi connectivity index (χ1n) is 3.06. The van der Waals surface area contributed by atoms with Gasteiger partial charge in [0.05, 0.1) is 0 Å². The minimum atomic E-state index is -0.965. The Labute approximate surface area is 63.9 Å². The Balaban J connectivity index is 3.30. The summed E-state index contributed by atoms with van der Waals surface area (Å²) in [7, 11) is 0. The largest absolute Gasteiger partial charge is 0.440 e. The molecule has 11 heavy (non-hydrogen) atoms. The van der Waals surface area contributed by atoms with Gasteiger partial charge < -0.3 is 21.5 Å². The lowest BCUT2D eigenvalue weighted by Gasteiger charge is -2.01. The van der Waals surface area contributed by atoms with Crippen LogP contribution < -0.4 is 16.8 Å². The molecule has 0 bridgehead atoms. The molecule has 0 aromatic carbocycles. The molecule has 0 heterocycles. The summed E-state index contributed by atoms with van der Waals surface area (Å²) in [6.45, 7) is 0.360. The van der Waals surface area contributed by atoms with E-state index in [1.165, 1.54) is 0 Å². The van der Waals surface area contributed by atoms with E-state index in [1.54, 1.807) is 0 Å². The number of hydrogen-bond donors (Lipinski definition) is 3. The molecule has 0 unspecified atom stereocenters. The van der Waals surface area contributed by atoms with Crippen molar-refractivity contribution in [3.8, 4) is 0 Å². The summed E-state index contributed by atoms with van der Waals surface area (Å²) >= 11 is 0. The Morgan fingerprint density at radius 1 is 1.45 bits per heavy atom. The third kappa shape index (κ3) is 6.59. The Morgan fingerprint density at radius 2 is 2.09 bits per heavy atom. The fraction of sp³-hybridized carbons (Fsp3) is 0.600. The number of rotatable bonds is 4. The SMILES string of the molecule is NCCNC(=O)COC(N)=O. The lowest BCUT2D eigenvalue weighted by Crippen LogP contribution is -2.33. The molecular weight excluding hydrogens is 150 g/mol. The van der Waals surface area contributed by atoms with Crippen molar-refractivity contribution in [2.75, 3.05) is 19.7 Å². The van der Waals surface area contributed by atoms with Gasteiger partial charge in [0.25, 0.3) is 5.91 Å². The second kappa shape index (κ2) is 5.48. The van der Waals surface area contributed by atoms with Crippen LogP contribution in [0.4, 0.5) is 4.79 Å². The summed E-state index contributed by atoms with van der Waals surface area (Å²) < 4.78 is 4.19. The molecule has 0 aliphatic carbocycles. The first-order valence-corrected chi connectivity index (χ1v) is 3.06. The number of carbonyl (C=O) groups is 2. The number of nitrogens with two attached hydrogens (primary N) is 2. The second-order valence-electron chi connectivity index (χ2n) is 1.75. The van der Waals surface area contributed by atoms with E-state index < -0.39 is 12.0 Å². The van der Waals surface area contributed by atoms with Crippen LogP contribution in [0.1, 0.15) is 0 Å². The van der Waals surface area contributed by atoms with Crippen LogP contribution >= 0.6 is 0 Å². The molecule has 0 saturated carbocycles. The number of carbonyl (C=O) groups excluding carboxylic acids is 2. The molecule has 0 aliphatic heterocycles. The third-order valence-corrected chi connectivity index (χ3v) is 0.812. The lowest BCUT2D eigenvalue weighted by atomic mass is 10.6. The highest BCUT2D eigenvalue weighted by molar-refractivity contribution is 5.79. The van der Waals surface area contributed by atoms with E-state index in [-0.39, 0.29) is 6.61 Å². The van der Waals surface area contributed by atoms with E-state index in [0.717, 1.165) is 0 Å². The van der Waals surface area contributed by atoms with Gasteiger partial charge in [0, 0.05) is 13.1 Å². The van der Waals surface area contributed by atoms with E-state index in [4.69, 9.17) is 5.73 Å². The van der Waals surface area contributed by atoms with Gasteiger partial charge in [0.2, 0.25) is 0 Å². The summed E-state index contributed by atoms with van der Waals surface area (Å²) in [5.74, 6) is -0.408. The Kier molecular flexibility index (Phi) is 4.83. The van der Waals surface area contributed by atoms with Crippen molar-refractivity contribution in [1.29, 1.82) is 0 Å². The molecular formula is C5H11N3O3. The lowest BCUT2D eigenvalue weighted by molar-refractivity contribution is -0.123. The van der Waals surface area contributed by atoms with Crippen molar-refractivity contribution < 1.29 is 14.3 Å². The van der Waals surface area contributed by atoms with Crippen molar-refractivity contribution in [2.24, 2.45) is 11.5 Å². The Hall–Kier alpha value is -1.30. The second-order valence-corrected chi connectivity index (χ2v) is 1.75. The highest BCUT2D eigenvalue weighted by atomic mass is 16.5. The van der Waals surface area contributed by atoms with Crippen LogP contribution in [0.25, 0.3) is 0 Å². The number of nitrogens with one attached hydrogen (secondary N) is 1. The fourth-order valence-corrected chi connectivity index (χ4v) is 0.399. The smallest absolute Gasteiger partial charge is 0.405 e. The molecule has 0 fully saturated rings. The molecule has 6 nitrogen and oxygen atoms in total. The van der Waals surface area contributed by atoms with Crippen molar-refractivity contribution in [3.63, 3.8) is 0 Å². The predicted molar refractivity (Wildman–Crippen MR) is 37.6 cm³/mol. The number of ether oxygens (including phenoxy) is 1. The minimum Gasteiger partial charge on any atom is -0.440 e. The standard InChI is InChI=1S/C5H11N3O3/c6-1-2-8-4(9)3-11-5(7)10/h1-3,6H2,(H2,7,10)(H,8,9). The first kappa shape index (κ1) is 9.70. The highest BCUT2D eigenvalue weighted by Gasteiger charge is 2.01. The Bertz CT molecular complexity index is 148. The maximum atomic E-state index is 10.6. The zero-order valence-corrected chi connectivity index (χ0v) is 6.00. The fourth-order valence-electron chi connectivity index (χ4n) is 0.399. The van der Waals surface area contributed by atoms with Gasteiger partial charge in [-0.2, -0.15) is 0 Å². The van der Waals surface area contributed by atoms with E-state index in [2.05, 4.69) is 15.8 Å². The molecule has 0 aromatic heterocycles. The van der Waals surface area contributed by atoms with Crippen LogP contribution in [0.5, 0.6) is 0 Å². The van der Waals surface area contributed by atoms with Crippen molar-refractivity contribution in [1.82, 2.24) is 5.32 Å². The maximum absolute atomic E-state index is 10.6. The van der Waals surface area contributed by atoms with Crippen LogP contribution in [-0.2, 0) is 9.53 Å². The van der Waals surface area contributed by atoms with E-state index in [1.807, 2.05) is 0 Å². The van der Waals surface area contributed by atoms with Crippen LogP contribution in [0.3, 0.4) is 0 Å².